The lowest BCUT2D eigenvalue weighted by Crippen LogP contribution is -2.43. The average Bonchev–Trinajstić information content (AvgIpc) is 2.86. The van der Waals surface area contributed by atoms with E-state index < -0.39 is 0 Å². The average molecular weight is 421 g/mol. The molecule has 8 heteroatoms. The molecule has 28 heavy (non-hydrogen) atoms. The Bertz CT molecular complexity index is 854. The highest BCUT2D eigenvalue weighted by Crippen LogP contribution is 2.19. The van der Waals surface area contributed by atoms with E-state index in [0.29, 0.717) is 43.3 Å². The van der Waals surface area contributed by atoms with Crippen LogP contribution in [0.15, 0.2) is 24.3 Å². The van der Waals surface area contributed by atoms with Crippen LogP contribution >= 0.6 is 22.9 Å². The van der Waals surface area contributed by atoms with Crippen LogP contribution in [-0.4, -0.2) is 59.4 Å². The number of amides is 3. The predicted molar refractivity (Wildman–Crippen MR) is 112 cm³/mol. The fraction of sp³-hybridized carbons (Fsp3) is 0.450. The van der Waals surface area contributed by atoms with E-state index in [-0.39, 0.29) is 11.9 Å². The van der Waals surface area contributed by atoms with E-state index >= 15 is 0 Å². The number of urea groups is 1. The molecule has 0 bridgehead atoms. The van der Waals surface area contributed by atoms with Gasteiger partial charge < -0.3 is 15.1 Å². The maximum atomic E-state index is 12.7. The molecule has 1 saturated heterocycles. The van der Waals surface area contributed by atoms with E-state index in [2.05, 4.69) is 10.3 Å². The number of nitrogens with zero attached hydrogens (tertiary/aromatic N) is 3. The molecule has 3 rings (SSSR count). The standard InChI is InChI=1S/C20H25ClN4O2S/c1-14-18(28-15(2)23-14)8-9-22-20(27)25-11-5-10-24(12-13-25)19(26)16-6-3-4-7-17(16)21/h3-4,6-7H,5,8-13H2,1-2H3,(H,22,27). The number of aromatic nitrogens is 1. The molecule has 1 aromatic carbocycles. The van der Waals surface area contributed by atoms with E-state index in [4.69, 9.17) is 11.6 Å². The van der Waals surface area contributed by atoms with Gasteiger partial charge in [-0.25, -0.2) is 9.78 Å². The summed E-state index contributed by atoms with van der Waals surface area (Å²) in [6.45, 7) is 6.85. The molecule has 1 N–H and O–H groups in total. The predicted octanol–water partition coefficient (Wildman–Crippen LogP) is 3.51. The molecule has 1 aliphatic rings. The second-order valence-corrected chi connectivity index (χ2v) is 8.53. The van der Waals surface area contributed by atoms with Crippen molar-refractivity contribution in [3.63, 3.8) is 0 Å². The van der Waals surface area contributed by atoms with E-state index in [1.807, 2.05) is 26.0 Å². The molecule has 0 unspecified atom stereocenters. The van der Waals surface area contributed by atoms with Crippen molar-refractivity contribution in [2.75, 3.05) is 32.7 Å². The van der Waals surface area contributed by atoms with E-state index in [9.17, 15) is 9.59 Å². The second kappa shape index (κ2) is 9.39. The minimum absolute atomic E-state index is 0.0778. The first-order valence-electron chi connectivity index (χ1n) is 9.45. The summed E-state index contributed by atoms with van der Waals surface area (Å²) in [6.07, 6.45) is 1.53. The lowest BCUT2D eigenvalue weighted by Gasteiger charge is -2.23. The number of aryl methyl sites for hydroxylation is 2. The van der Waals surface area contributed by atoms with E-state index in [1.165, 1.54) is 4.88 Å². The van der Waals surface area contributed by atoms with Crippen molar-refractivity contribution in [1.82, 2.24) is 20.1 Å². The van der Waals surface area contributed by atoms with E-state index in [0.717, 1.165) is 23.5 Å². The van der Waals surface area contributed by atoms with Gasteiger partial charge in [0.25, 0.3) is 5.91 Å². The smallest absolute Gasteiger partial charge is 0.317 e. The maximum Gasteiger partial charge on any atom is 0.317 e. The van der Waals surface area contributed by atoms with Gasteiger partial charge in [0.15, 0.2) is 0 Å². The van der Waals surface area contributed by atoms with Crippen molar-refractivity contribution in [2.24, 2.45) is 0 Å². The summed E-state index contributed by atoms with van der Waals surface area (Å²) < 4.78 is 0. The summed E-state index contributed by atoms with van der Waals surface area (Å²) in [5, 5.41) is 4.50. The molecule has 1 fully saturated rings. The molecule has 0 aliphatic carbocycles. The van der Waals surface area contributed by atoms with Gasteiger partial charge in [-0.2, -0.15) is 0 Å². The highest BCUT2D eigenvalue weighted by Gasteiger charge is 2.23. The van der Waals surface area contributed by atoms with Gasteiger partial charge >= 0.3 is 6.03 Å². The van der Waals surface area contributed by atoms with Crippen LogP contribution < -0.4 is 5.32 Å². The zero-order valence-electron chi connectivity index (χ0n) is 16.2. The highest BCUT2D eigenvalue weighted by atomic mass is 35.5. The third-order valence-electron chi connectivity index (χ3n) is 4.80. The number of benzene rings is 1. The van der Waals surface area contributed by atoms with Gasteiger partial charge in [0, 0.05) is 44.0 Å². The Morgan fingerprint density at radius 3 is 2.57 bits per heavy atom. The number of hydrogen-bond donors (Lipinski definition) is 1. The summed E-state index contributed by atoms with van der Waals surface area (Å²) >= 11 is 7.83. The molecule has 2 aromatic rings. The number of carbonyl (C=O) groups excluding carboxylic acids is 2. The Labute approximate surface area is 174 Å². The first kappa shape index (κ1) is 20.6. The van der Waals surface area contributed by atoms with Crippen LogP contribution in [0.25, 0.3) is 0 Å². The maximum absolute atomic E-state index is 12.7. The topological polar surface area (TPSA) is 65.5 Å². The first-order valence-corrected chi connectivity index (χ1v) is 10.6. The summed E-state index contributed by atoms with van der Waals surface area (Å²) in [5.41, 5.74) is 1.55. The minimum Gasteiger partial charge on any atom is -0.338 e. The largest absolute Gasteiger partial charge is 0.338 e. The number of thiazole rings is 1. The molecule has 0 spiro atoms. The van der Waals surface area contributed by atoms with Gasteiger partial charge in [0.05, 0.1) is 21.3 Å². The third-order valence-corrected chi connectivity index (χ3v) is 6.26. The molecule has 1 aromatic heterocycles. The summed E-state index contributed by atoms with van der Waals surface area (Å²) in [5.74, 6) is -0.0797. The normalized spacial score (nSPS) is 14.7. The van der Waals surface area contributed by atoms with Gasteiger partial charge in [-0.1, -0.05) is 23.7 Å². The summed E-state index contributed by atoms with van der Waals surface area (Å²) in [4.78, 5) is 34.4. The van der Waals surface area contributed by atoms with Gasteiger partial charge in [-0.15, -0.1) is 11.3 Å². The fourth-order valence-electron chi connectivity index (χ4n) is 3.33. The van der Waals surface area contributed by atoms with Gasteiger partial charge in [0.1, 0.15) is 0 Å². The van der Waals surface area contributed by atoms with Crippen LogP contribution in [0.1, 0.15) is 32.4 Å². The molecule has 6 nitrogen and oxygen atoms in total. The van der Waals surface area contributed by atoms with Crippen molar-refractivity contribution in [1.29, 1.82) is 0 Å². The van der Waals surface area contributed by atoms with Gasteiger partial charge in [-0.3, -0.25) is 4.79 Å². The zero-order chi connectivity index (χ0) is 20.1. The number of rotatable bonds is 4. The number of nitrogens with one attached hydrogen (secondary N) is 1. The van der Waals surface area contributed by atoms with Crippen molar-refractivity contribution in [3.8, 4) is 0 Å². The number of halogens is 1. The SMILES string of the molecule is Cc1nc(C)c(CCNC(=O)N2CCCN(C(=O)c3ccccc3Cl)CC2)s1. The molecular formula is C20H25ClN4O2S. The molecule has 3 amide bonds. The molecule has 0 atom stereocenters. The monoisotopic (exact) mass is 420 g/mol. The molecule has 1 aliphatic heterocycles. The Morgan fingerprint density at radius 2 is 1.86 bits per heavy atom. The molecule has 150 valence electrons. The van der Waals surface area contributed by atoms with Gasteiger partial charge in [0.2, 0.25) is 0 Å². The Hall–Kier alpha value is -2.12. The van der Waals surface area contributed by atoms with Crippen LogP contribution in [0.3, 0.4) is 0 Å². The van der Waals surface area contributed by atoms with Crippen LogP contribution in [0.5, 0.6) is 0 Å². The van der Waals surface area contributed by atoms with Crippen molar-refractivity contribution >= 4 is 34.9 Å². The summed E-state index contributed by atoms with van der Waals surface area (Å²) in [6, 6.07) is 7.00. The molecule has 0 radical (unpaired) electrons. The molecule has 2 heterocycles. The Morgan fingerprint density at radius 1 is 1.14 bits per heavy atom. The van der Waals surface area contributed by atoms with E-state index in [1.54, 1.807) is 33.3 Å². The number of hydrogen-bond acceptors (Lipinski definition) is 4. The third kappa shape index (κ3) is 5.02. The summed E-state index contributed by atoms with van der Waals surface area (Å²) in [7, 11) is 0. The molecular weight excluding hydrogens is 396 g/mol. The fourth-order valence-corrected chi connectivity index (χ4v) is 4.48. The first-order chi connectivity index (χ1) is 13.5. The van der Waals surface area contributed by atoms with Crippen LogP contribution in [0, 0.1) is 13.8 Å². The minimum atomic E-state index is -0.0797. The van der Waals surface area contributed by atoms with Crippen molar-refractivity contribution in [3.05, 3.63) is 50.4 Å². The number of carbonyl (C=O) groups is 2. The highest BCUT2D eigenvalue weighted by molar-refractivity contribution is 7.11. The van der Waals surface area contributed by atoms with Gasteiger partial charge in [-0.05, 0) is 32.4 Å². The van der Waals surface area contributed by atoms with Crippen LogP contribution in [0.4, 0.5) is 4.79 Å². The Kier molecular flexibility index (Phi) is 6.91. The second-order valence-electron chi connectivity index (χ2n) is 6.84. The zero-order valence-corrected chi connectivity index (χ0v) is 17.8. The van der Waals surface area contributed by atoms with Crippen LogP contribution in [0.2, 0.25) is 5.02 Å². The lowest BCUT2D eigenvalue weighted by molar-refractivity contribution is 0.0762. The molecule has 0 saturated carbocycles. The lowest BCUT2D eigenvalue weighted by atomic mass is 10.2. The van der Waals surface area contributed by atoms with Crippen molar-refractivity contribution in [2.45, 2.75) is 26.7 Å². The van der Waals surface area contributed by atoms with Crippen LogP contribution in [-0.2, 0) is 6.42 Å². The quantitative estimate of drug-likeness (QED) is 0.823. The van der Waals surface area contributed by atoms with Crippen molar-refractivity contribution < 1.29 is 9.59 Å². The Balaban J connectivity index is 1.50.